The van der Waals surface area contributed by atoms with Crippen LogP contribution in [0, 0.1) is 0 Å². The van der Waals surface area contributed by atoms with Crippen molar-refractivity contribution in [3.8, 4) is 0 Å². The van der Waals surface area contributed by atoms with Crippen LogP contribution in [0.5, 0.6) is 0 Å². The van der Waals surface area contributed by atoms with Crippen LogP contribution in [0.1, 0.15) is 10.6 Å². The third-order valence-corrected chi connectivity index (χ3v) is 2.81. The molecule has 5 heteroatoms. The van der Waals surface area contributed by atoms with Crippen LogP contribution in [-0.4, -0.2) is 11.1 Å². The van der Waals surface area contributed by atoms with Crippen molar-refractivity contribution in [1.29, 1.82) is 0 Å². The number of halogens is 2. The summed E-state index contributed by atoms with van der Waals surface area (Å²) in [6.45, 7) is 0. The quantitative estimate of drug-likeness (QED) is 0.866. The number of hydrogen-bond acceptors (Lipinski definition) is 2. The number of aromatic carboxylic acids is 1. The van der Waals surface area contributed by atoms with Crippen molar-refractivity contribution >= 4 is 44.5 Å². The van der Waals surface area contributed by atoms with E-state index < -0.39 is 5.97 Å². The van der Waals surface area contributed by atoms with Crippen LogP contribution in [-0.2, 0) is 0 Å². The Kier molecular flexibility index (Phi) is 2.25. The van der Waals surface area contributed by atoms with Crippen molar-refractivity contribution in [3.63, 3.8) is 0 Å². The zero-order valence-electron chi connectivity index (χ0n) is 6.75. The van der Waals surface area contributed by atoms with Gasteiger partial charge in [-0.2, -0.15) is 0 Å². The number of furan rings is 1. The summed E-state index contributed by atoms with van der Waals surface area (Å²) in [6.07, 6.45) is 0. The van der Waals surface area contributed by atoms with Gasteiger partial charge in [0.15, 0.2) is 0 Å². The topological polar surface area (TPSA) is 50.4 Å². The number of benzene rings is 1. The molecule has 0 spiro atoms. The van der Waals surface area contributed by atoms with Gasteiger partial charge >= 0.3 is 5.97 Å². The first-order valence-electron chi connectivity index (χ1n) is 3.70. The first kappa shape index (κ1) is 9.55. The molecule has 72 valence electrons. The van der Waals surface area contributed by atoms with Gasteiger partial charge in [0.1, 0.15) is 5.58 Å². The highest BCUT2D eigenvalue weighted by Gasteiger charge is 2.17. The molecule has 2 aromatic rings. The molecule has 0 fully saturated rings. The molecule has 2 rings (SSSR count). The van der Waals surface area contributed by atoms with E-state index in [-0.39, 0.29) is 5.76 Å². The third kappa shape index (κ3) is 1.40. The zero-order valence-corrected chi connectivity index (χ0v) is 9.09. The van der Waals surface area contributed by atoms with Crippen molar-refractivity contribution in [2.75, 3.05) is 0 Å². The summed E-state index contributed by atoms with van der Waals surface area (Å²) in [5.41, 5.74) is 0.499. The highest BCUT2D eigenvalue weighted by Crippen LogP contribution is 2.32. The second kappa shape index (κ2) is 3.29. The lowest BCUT2D eigenvalue weighted by Gasteiger charge is -1.88. The highest BCUT2D eigenvalue weighted by molar-refractivity contribution is 9.10. The molecular formula is C9H4BrClO3. The van der Waals surface area contributed by atoms with Gasteiger partial charge in [-0.25, -0.2) is 4.79 Å². The maximum atomic E-state index is 10.7. The summed E-state index contributed by atoms with van der Waals surface area (Å²) in [7, 11) is 0. The van der Waals surface area contributed by atoms with E-state index in [1.54, 1.807) is 18.2 Å². The van der Waals surface area contributed by atoms with E-state index >= 15 is 0 Å². The lowest BCUT2D eigenvalue weighted by molar-refractivity contribution is 0.0663. The van der Waals surface area contributed by atoms with E-state index in [4.69, 9.17) is 21.1 Å². The summed E-state index contributed by atoms with van der Waals surface area (Å²) < 4.78 is 5.53. The Bertz CT molecular complexity index is 518. The summed E-state index contributed by atoms with van der Waals surface area (Å²) >= 11 is 8.92. The van der Waals surface area contributed by atoms with Crippen molar-refractivity contribution in [2.24, 2.45) is 0 Å². The molecule has 14 heavy (non-hydrogen) atoms. The number of fused-ring (bicyclic) bond motifs is 1. The first-order valence-corrected chi connectivity index (χ1v) is 4.87. The fourth-order valence-corrected chi connectivity index (χ4v) is 1.91. The number of carboxylic acids is 1. The van der Waals surface area contributed by atoms with Gasteiger partial charge in [-0.3, -0.25) is 0 Å². The van der Waals surface area contributed by atoms with Gasteiger partial charge in [-0.05, 0) is 34.1 Å². The maximum Gasteiger partial charge on any atom is 0.373 e. The van der Waals surface area contributed by atoms with E-state index in [1.807, 2.05) is 0 Å². The Balaban J connectivity index is 2.80. The van der Waals surface area contributed by atoms with Gasteiger partial charge in [0.25, 0.3) is 0 Å². The van der Waals surface area contributed by atoms with Crippen LogP contribution < -0.4 is 0 Å². The fraction of sp³-hybridized carbons (Fsp3) is 0. The Labute approximate surface area is 92.4 Å². The molecule has 0 saturated heterocycles. The average Bonchev–Trinajstić information content (AvgIpc) is 2.44. The first-order chi connectivity index (χ1) is 6.59. The van der Waals surface area contributed by atoms with Gasteiger partial charge in [0, 0.05) is 10.4 Å². The molecule has 0 atom stereocenters. The number of rotatable bonds is 1. The monoisotopic (exact) mass is 274 g/mol. The molecule has 0 amide bonds. The van der Waals surface area contributed by atoms with E-state index in [1.165, 1.54) is 0 Å². The van der Waals surface area contributed by atoms with Crippen LogP contribution in [0.3, 0.4) is 0 Å². The minimum atomic E-state index is -1.11. The molecule has 3 nitrogen and oxygen atoms in total. The lowest BCUT2D eigenvalue weighted by Crippen LogP contribution is -1.93. The van der Waals surface area contributed by atoms with Crippen LogP contribution in [0.25, 0.3) is 11.0 Å². The highest BCUT2D eigenvalue weighted by atomic mass is 79.9. The normalized spacial score (nSPS) is 10.7. The van der Waals surface area contributed by atoms with E-state index in [0.29, 0.717) is 20.5 Å². The SMILES string of the molecule is O=C(O)c1oc2ccc(Cl)cc2c1Br. The van der Waals surface area contributed by atoms with Gasteiger partial charge in [0.05, 0.1) is 4.47 Å². The van der Waals surface area contributed by atoms with Gasteiger partial charge in [-0.15, -0.1) is 0 Å². The smallest absolute Gasteiger partial charge is 0.373 e. The summed E-state index contributed by atoms with van der Waals surface area (Å²) in [5, 5.41) is 9.98. The molecule has 0 saturated carbocycles. The minimum Gasteiger partial charge on any atom is -0.475 e. The van der Waals surface area contributed by atoms with Crippen LogP contribution in [0.4, 0.5) is 0 Å². The molecule has 0 radical (unpaired) electrons. The van der Waals surface area contributed by atoms with Crippen LogP contribution in [0.2, 0.25) is 5.02 Å². The van der Waals surface area contributed by atoms with Gasteiger partial charge < -0.3 is 9.52 Å². The molecule has 0 unspecified atom stereocenters. The molecule has 0 aliphatic carbocycles. The predicted molar refractivity (Wildman–Crippen MR) is 55.9 cm³/mol. The van der Waals surface area contributed by atoms with Crippen molar-refractivity contribution in [3.05, 3.63) is 33.5 Å². The van der Waals surface area contributed by atoms with Crippen LogP contribution in [0.15, 0.2) is 27.1 Å². The second-order valence-corrected chi connectivity index (χ2v) is 3.92. The minimum absolute atomic E-state index is 0.109. The fourth-order valence-electron chi connectivity index (χ4n) is 1.18. The average molecular weight is 275 g/mol. The van der Waals surface area contributed by atoms with Crippen molar-refractivity contribution in [1.82, 2.24) is 0 Å². The number of hydrogen-bond donors (Lipinski definition) is 1. The zero-order chi connectivity index (χ0) is 10.3. The van der Waals surface area contributed by atoms with Gasteiger partial charge in [0.2, 0.25) is 5.76 Å². The molecule has 1 aromatic carbocycles. The molecule has 1 aromatic heterocycles. The van der Waals surface area contributed by atoms with E-state index in [2.05, 4.69) is 15.9 Å². The summed E-state index contributed by atoms with van der Waals surface area (Å²) in [4.78, 5) is 10.7. The molecule has 1 heterocycles. The number of carboxylic acid groups (broad SMARTS) is 1. The van der Waals surface area contributed by atoms with Crippen molar-refractivity contribution < 1.29 is 14.3 Å². The summed E-state index contributed by atoms with van der Waals surface area (Å²) in [5.74, 6) is -1.22. The molecule has 0 aliphatic heterocycles. The molecule has 1 N–H and O–H groups in total. The van der Waals surface area contributed by atoms with E-state index in [0.717, 1.165) is 0 Å². The van der Waals surface area contributed by atoms with E-state index in [9.17, 15) is 4.79 Å². The maximum absolute atomic E-state index is 10.7. The standard InChI is InChI=1S/C9H4BrClO3/c10-7-5-3-4(11)1-2-6(5)14-8(7)9(12)13/h1-3H,(H,12,13). The molecular weight excluding hydrogens is 271 g/mol. The summed E-state index contributed by atoms with van der Waals surface area (Å²) in [6, 6.07) is 4.93. The molecule has 0 aliphatic rings. The van der Waals surface area contributed by atoms with Crippen LogP contribution >= 0.6 is 27.5 Å². The third-order valence-electron chi connectivity index (χ3n) is 1.78. The Morgan fingerprint density at radius 2 is 2.21 bits per heavy atom. The molecule has 0 bridgehead atoms. The predicted octanol–water partition coefficient (Wildman–Crippen LogP) is 3.55. The Morgan fingerprint density at radius 1 is 1.50 bits per heavy atom. The van der Waals surface area contributed by atoms with Gasteiger partial charge in [-0.1, -0.05) is 11.6 Å². The lowest BCUT2D eigenvalue weighted by atomic mass is 10.2. The largest absolute Gasteiger partial charge is 0.475 e. The Morgan fingerprint density at radius 3 is 2.86 bits per heavy atom. The Hall–Kier alpha value is -1.000. The number of carbonyl (C=O) groups is 1. The van der Waals surface area contributed by atoms with Crippen molar-refractivity contribution in [2.45, 2.75) is 0 Å². The second-order valence-electron chi connectivity index (χ2n) is 2.69.